The third-order valence-corrected chi connectivity index (χ3v) is 16.2. The Bertz CT molecular complexity index is 5180. The van der Waals surface area contributed by atoms with Crippen LogP contribution in [0.15, 0.2) is 178 Å². The average molecular weight is 1410 g/mol. The number of fused-ring (bicyclic) bond motifs is 2. The van der Waals surface area contributed by atoms with E-state index in [9.17, 15) is 98.6 Å². The van der Waals surface area contributed by atoms with Crippen LogP contribution in [0.1, 0.15) is 10.5 Å². The van der Waals surface area contributed by atoms with Crippen LogP contribution in [0.2, 0.25) is 0 Å². The van der Waals surface area contributed by atoms with Crippen molar-refractivity contribution in [3.05, 3.63) is 129 Å². The molecule has 91 heavy (non-hydrogen) atoms. The number of H-pyrrole nitrogens is 1. The second-order valence-electron chi connectivity index (χ2n) is 17.1. The predicted molar refractivity (Wildman–Crippen MR) is 309 cm³/mol. The van der Waals surface area contributed by atoms with E-state index in [1.807, 2.05) is 0 Å². The van der Waals surface area contributed by atoms with Gasteiger partial charge in [-0.3, -0.25) is 47.3 Å². The summed E-state index contributed by atoms with van der Waals surface area (Å²) in [5.74, 6) is -3.61. The first-order valence-electron chi connectivity index (χ1n) is 23.0. The van der Waals surface area contributed by atoms with Gasteiger partial charge in [-0.15, -0.1) is 35.0 Å². The number of carboxylic acids is 1. The van der Waals surface area contributed by atoms with E-state index in [0.29, 0.717) is 24.5 Å². The number of aromatic nitrogens is 2. The van der Waals surface area contributed by atoms with Crippen LogP contribution in [0.4, 0.5) is 51.2 Å². The van der Waals surface area contributed by atoms with Crippen LogP contribution in [0.25, 0.3) is 27.2 Å². The van der Waals surface area contributed by atoms with Gasteiger partial charge in [-0.25, -0.2) is 14.7 Å². The lowest BCUT2D eigenvalue weighted by molar-refractivity contribution is -0.432. The van der Waals surface area contributed by atoms with Gasteiger partial charge in [0.05, 0.1) is 55.5 Å². The third kappa shape index (κ3) is 17.0. The number of non-ortho nitro benzene ring substituents is 1. The molecule has 0 aliphatic carbocycles. The molecule has 8 aromatic rings. The Kier molecular flexibility index (Phi) is 21.1. The number of nitro groups is 1. The van der Waals surface area contributed by atoms with Gasteiger partial charge in [0, 0.05) is 35.3 Å². The van der Waals surface area contributed by atoms with Crippen molar-refractivity contribution in [2.24, 2.45) is 40.9 Å². The number of aromatic carboxylic acids is 1. The molecule has 0 radical (unpaired) electrons. The van der Waals surface area contributed by atoms with Gasteiger partial charge in [0.1, 0.15) is 48.0 Å². The minimum atomic E-state index is -5.52. The number of carboxylic acid groups (broad SMARTS) is 1. The maximum atomic E-state index is 12.9. The monoisotopic (exact) mass is 1400 g/mol. The number of carbonyl (C=O) groups is 1. The summed E-state index contributed by atoms with van der Waals surface area (Å²) in [6.07, 6.45) is 0.715. The van der Waals surface area contributed by atoms with Crippen molar-refractivity contribution in [2.75, 3.05) is 19.0 Å². The normalized spacial score (nSPS) is 12.6. The molecule has 482 valence electrons. The molecule has 47 heteroatoms. The molecule has 7 aromatic carbocycles. The van der Waals surface area contributed by atoms with E-state index in [1.165, 1.54) is 31.3 Å². The molecule has 8 rings (SSSR count). The number of phenolic OH excluding ortho intramolecular Hbond substituents is 2. The Morgan fingerprint density at radius 2 is 1.18 bits per heavy atom. The summed E-state index contributed by atoms with van der Waals surface area (Å²) in [4.78, 5) is 27.9. The number of aromatic hydroxyl groups is 2. The summed E-state index contributed by atoms with van der Waals surface area (Å²) in [6.45, 7) is 0. The molecule has 1 heterocycles. The zero-order chi connectivity index (χ0) is 68.1. The molecule has 0 amide bonds. The van der Waals surface area contributed by atoms with Crippen LogP contribution in [-0.2, 0) is 70.1 Å². The van der Waals surface area contributed by atoms with Crippen molar-refractivity contribution in [3.8, 4) is 17.2 Å². The van der Waals surface area contributed by atoms with E-state index in [1.54, 1.807) is 18.2 Å². The summed E-state index contributed by atoms with van der Waals surface area (Å²) >= 11 is 0.00984. The van der Waals surface area contributed by atoms with Crippen LogP contribution >= 0.6 is 12.0 Å². The lowest BCUT2D eigenvalue weighted by Gasteiger charge is -2.15. The van der Waals surface area contributed by atoms with Crippen molar-refractivity contribution < 1.29 is 117 Å². The maximum absolute atomic E-state index is 12.9. The fourth-order valence-corrected chi connectivity index (χ4v) is 11.3. The third-order valence-electron chi connectivity index (χ3n) is 11.1. The number of nitrogen functional groups attached to an aromatic ring is 1. The largest absolute Gasteiger partial charge is 0.505 e. The first-order chi connectivity index (χ1) is 42.1. The second-order valence-corrected chi connectivity index (χ2v) is 26.3. The molecule has 40 nitrogen and oxygen atoms in total. The molecule has 0 spiro atoms. The van der Waals surface area contributed by atoms with Crippen molar-refractivity contribution in [2.45, 2.75) is 29.4 Å². The first-order valence-corrected chi connectivity index (χ1v) is 32.8. The summed E-state index contributed by atoms with van der Waals surface area (Å²) in [5, 5.41) is 84.0. The van der Waals surface area contributed by atoms with E-state index >= 15 is 0 Å². The highest BCUT2D eigenvalue weighted by atomic mass is 32.2. The highest BCUT2D eigenvalue weighted by Crippen LogP contribution is 2.51. The SMILES string of the molecule is CN=Nc1c(C(=O)O)[nH]n(-c2ccc(S(=O)(=O)O)cc2)c1=O.CS(=O)(=O)O.Nc1c(N=Nc2ccc3c(O)c(N=Nc4ccccc4)c(S(=O)(=O)O)cc3c2S(=O)(=O)O)cc(S(=O)(=O)O)c2cc(SOOO)c(N=Nc3ccc([N+](=O)[O-])cc3S(=O)(=O)O)c(O)c12. The Hall–Kier alpha value is -9.57. The molecule has 0 aliphatic heterocycles. The van der Waals surface area contributed by atoms with Crippen molar-refractivity contribution >= 4 is 151 Å². The minimum Gasteiger partial charge on any atom is -0.505 e. The predicted octanol–water partition coefficient (Wildman–Crippen LogP) is 7.88. The number of hydrogen-bond acceptors (Lipinski definition) is 31. The molecule has 0 unspecified atom stereocenters. The molecular weight excluding hydrogens is 1370 g/mol. The molecule has 0 fully saturated rings. The highest BCUT2D eigenvalue weighted by Gasteiger charge is 2.30. The van der Waals surface area contributed by atoms with Gasteiger partial charge in [0.25, 0.3) is 72.0 Å². The molecule has 0 saturated carbocycles. The number of nitro benzene ring substituents is 1. The topological polar surface area (TPSA) is 649 Å². The van der Waals surface area contributed by atoms with Crippen LogP contribution in [-0.4, -0.2) is 132 Å². The Morgan fingerprint density at radius 1 is 0.615 bits per heavy atom. The maximum Gasteiger partial charge on any atom is 0.356 e. The minimum absolute atomic E-state index is 0.00984. The summed E-state index contributed by atoms with van der Waals surface area (Å²) in [5.41, 5.74) is -0.586. The summed E-state index contributed by atoms with van der Waals surface area (Å²) in [7, 11) is -28.2. The van der Waals surface area contributed by atoms with Crippen molar-refractivity contribution in [1.82, 2.24) is 9.78 Å². The number of aromatic amines is 1. The molecular formula is C44H36N12O28S7. The van der Waals surface area contributed by atoms with Crippen molar-refractivity contribution in [1.29, 1.82) is 0 Å². The average Bonchev–Trinajstić information content (AvgIpc) is 1.39. The number of phenols is 2. The van der Waals surface area contributed by atoms with E-state index in [0.717, 1.165) is 47.1 Å². The van der Waals surface area contributed by atoms with Gasteiger partial charge in [-0.1, -0.05) is 23.2 Å². The van der Waals surface area contributed by atoms with Crippen molar-refractivity contribution in [3.63, 3.8) is 0 Å². The lowest BCUT2D eigenvalue weighted by Crippen LogP contribution is -2.14. The highest BCUT2D eigenvalue weighted by molar-refractivity contribution is 7.94. The first kappa shape index (κ1) is 70.5. The number of azo groups is 4. The van der Waals surface area contributed by atoms with E-state index in [4.69, 9.17) is 25.2 Å². The fourth-order valence-electron chi connectivity index (χ4n) is 7.48. The van der Waals surface area contributed by atoms with Gasteiger partial charge in [-0.05, 0) is 72.8 Å². The molecule has 0 aliphatic rings. The van der Waals surface area contributed by atoms with Crippen LogP contribution in [0, 0.1) is 10.1 Å². The molecule has 0 atom stereocenters. The van der Waals surface area contributed by atoms with Gasteiger partial charge in [0.2, 0.25) is 0 Å². The van der Waals surface area contributed by atoms with Crippen LogP contribution in [0.3, 0.4) is 0 Å². The zero-order valence-corrected chi connectivity index (χ0v) is 50.3. The van der Waals surface area contributed by atoms with Gasteiger partial charge < -0.3 is 21.1 Å². The van der Waals surface area contributed by atoms with Gasteiger partial charge in [0.15, 0.2) is 22.9 Å². The zero-order valence-electron chi connectivity index (χ0n) is 44.5. The smallest absolute Gasteiger partial charge is 0.356 e. The Morgan fingerprint density at radius 3 is 1.70 bits per heavy atom. The second kappa shape index (κ2) is 27.3. The summed E-state index contributed by atoms with van der Waals surface area (Å²) in [6, 6.07) is 17.8. The lowest BCUT2D eigenvalue weighted by atomic mass is 10.0. The number of nitrogens with one attached hydrogen (secondary N) is 1. The van der Waals surface area contributed by atoms with E-state index in [-0.39, 0.29) is 34.0 Å². The number of hydrogen-bond donors (Lipinski definition) is 12. The Labute approximate surface area is 511 Å². The number of rotatable bonds is 18. The Balaban J connectivity index is 0.000000403. The number of nitrogens with two attached hydrogens (primary N) is 1. The van der Waals surface area contributed by atoms with Gasteiger partial charge in [-0.2, -0.15) is 60.7 Å². The van der Waals surface area contributed by atoms with Crippen LogP contribution in [0.5, 0.6) is 11.5 Å². The number of benzene rings is 7. The quantitative estimate of drug-likeness (QED) is 0.00738. The fraction of sp³-hybridized carbons (Fsp3) is 0.0455. The molecule has 13 N–H and O–H groups in total. The van der Waals surface area contributed by atoms with Crippen LogP contribution < -0.4 is 11.3 Å². The molecule has 0 saturated heterocycles. The molecule has 1 aromatic heterocycles. The van der Waals surface area contributed by atoms with E-state index < -0.39 is 180 Å². The number of anilines is 1. The van der Waals surface area contributed by atoms with E-state index in [2.05, 4.69) is 55.4 Å². The summed E-state index contributed by atoms with van der Waals surface area (Å²) < 4.78 is 202. The number of nitrogens with zero attached hydrogens (tertiary/aromatic N) is 10. The molecule has 0 bridgehead atoms. The van der Waals surface area contributed by atoms with Gasteiger partial charge >= 0.3 is 5.97 Å². The standard InChI is InChI=1S/C32H22N8O19S5.C11H10N4O6S.CH4O3S/c33-27-21(37-36-20-9-7-16-17(32(20)64(55,56)57)12-25(63(52,53)54)29(30(16)41)39-34-14-4-2-1-3-5-14)13-23(61(46,47)48)18-11-22(60-59-58-45)28(31(42)26(18)27)38-35-19-8-6-15(40(43)44)10-24(19)62(49,50)51;1-12-13-8-9(11(17)18)14-15(10(8)16)6-2-4-7(5-3-6)22(19,20)21;1-5(2,3)4/h1-13,41-42,45H,33H2,(H,46,47,48)(H,49,50,51)(H,52,53,54)(H,55,56,57);2-5,14H,1H3,(H,17,18)(H,19,20,21);1H3,(H,2,3,4).